The molecule has 0 bridgehead atoms. The van der Waals surface area contributed by atoms with Gasteiger partial charge in [0.1, 0.15) is 0 Å². The molecule has 0 atom stereocenters. The first kappa shape index (κ1) is 32.2. The van der Waals surface area contributed by atoms with E-state index >= 15 is 0 Å². The first-order valence-corrected chi connectivity index (χ1v) is 20.1. The summed E-state index contributed by atoms with van der Waals surface area (Å²) in [6.07, 6.45) is 0. The topological polar surface area (TPSA) is 0 Å². The van der Waals surface area contributed by atoms with Gasteiger partial charge in [-0.15, -0.1) is 0 Å². The summed E-state index contributed by atoms with van der Waals surface area (Å²) < 4.78 is 0. The van der Waals surface area contributed by atoms with Gasteiger partial charge in [-0.1, -0.05) is 202 Å². The van der Waals surface area contributed by atoms with E-state index in [-0.39, 0.29) is 5.41 Å². The molecule has 0 nitrogen and oxygen atoms in total. The molecule has 12 rings (SSSR count). The monoisotopic (exact) mass is 722 g/mol. The number of fused-ring (bicyclic) bond motifs is 12. The maximum absolute atomic E-state index is 2.44. The van der Waals surface area contributed by atoms with Gasteiger partial charge >= 0.3 is 0 Å². The Labute approximate surface area is 332 Å². The van der Waals surface area contributed by atoms with Crippen LogP contribution < -0.4 is 0 Å². The summed E-state index contributed by atoms with van der Waals surface area (Å²) in [6.45, 7) is 4.78. The van der Waals surface area contributed by atoms with Crippen molar-refractivity contribution in [3.05, 3.63) is 205 Å². The molecular formula is C57H38. The van der Waals surface area contributed by atoms with Crippen molar-refractivity contribution in [2.24, 2.45) is 0 Å². The molecule has 0 aromatic heterocycles. The highest BCUT2D eigenvalue weighted by Crippen LogP contribution is 2.54. The van der Waals surface area contributed by atoms with E-state index in [1.165, 1.54) is 120 Å². The van der Waals surface area contributed by atoms with E-state index in [4.69, 9.17) is 0 Å². The SMILES string of the molecule is CC1(C)c2cccc(-c3ccc(-c4c5ccccc5c(-c5cc6ccc7ccccc7c6c6ccccc56)c5ccccc45)cc3)c2-c2ccc3ccccc3c21. The zero-order chi connectivity index (χ0) is 37.8. The van der Waals surface area contributed by atoms with Crippen molar-refractivity contribution in [3.8, 4) is 44.5 Å². The third-order valence-electron chi connectivity index (χ3n) is 13.0. The molecule has 0 N–H and O–H groups in total. The lowest BCUT2D eigenvalue weighted by atomic mass is 9.80. The number of hydrogen-bond donors (Lipinski definition) is 0. The zero-order valence-electron chi connectivity index (χ0n) is 32.0. The third kappa shape index (κ3) is 4.56. The molecule has 57 heavy (non-hydrogen) atoms. The Morgan fingerprint density at radius 3 is 1.49 bits per heavy atom. The molecule has 266 valence electrons. The maximum atomic E-state index is 2.44. The summed E-state index contributed by atoms with van der Waals surface area (Å²) in [5, 5.41) is 15.5. The number of benzene rings is 11. The highest BCUT2D eigenvalue weighted by atomic mass is 14.4. The summed E-state index contributed by atoms with van der Waals surface area (Å²) in [5.74, 6) is 0. The van der Waals surface area contributed by atoms with Gasteiger partial charge in [-0.3, -0.25) is 0 Å². The molecular weight excluding hydrogens is 685 g/mol. The quantitative estimate of drug-likeness (QED) is 0.126. The largest absolute Gasteiger partial charge is 0.0616 e. The smallest absolute Gasteiger partial charge is 0.0165 e. The van der Waals surface area contributed by atoms with E-state index in [1.807, 2.05) is 0 Å². The molecule has 1 aliphatic carbocycles. The van der Waals surface area contributed by atoms with Crippen LogP contribution in [0.15, 0.2) is 194 Å². The van der Waals surface area contributed by atoms with Crippen molar-refractivity contribution in [1.82, 2.24) is 0 Å². The summed E-state index contributed by atoms with van der Waals surface area (Å²) in [6, 6.07) is 72.6. The fourth-order valence-electron chi connectivity index (χ4n) is 10.5. The van der Waals surface area contributed by atoms with Gasteiger partial charge in [-0.25, -0.2) is 0 Å². The molecule has 0 saturated heterocycles. The van der Waals surface area contributed by atoms with E-state index in [1.54, 1.807) is 0 Å². The highest BCUT2D eigenvalue weighted by Gasteiger charge is 2.38. The average Bonchev–Trinajstić information content (AvgIpc) is 3.51. The third-order valence-corrected chi connectivity index (χ3v) is 13.0. The fraction of sp³-hybridized carbons (Fsp3) is 0.0526. The lowest BCUT2D eigenvalue weighted by molar-refractivity contribution is 0.666. The molecule has 0 aliphatic heterocycles. The Kier molecular flexibility index (Phi) is 6.78. The first-order chi connectivity index (χ1) is 28.1. The molecule has 0 fully saturated rings. The molecule has 0 saturated carbocycles. The molecule has 11 aromatic carbocycles. The van der Waals surface area contributed by atoms with Crippen molar-refractivity contribution in [2.45, 2.75) is 19.3 Å². The molecule has 0 spiro atoms. The van der Waals surface area contributed by atoms with E-state index < -0.39 is 0 Å². The molecule has 0 amide bonds. The van der Waals surface area contributed by atoms with Gasteiger partial charge < -0.3 is 0 Å². The minimum absolute atomic E-state index is 0.0921. The van der Waals surface area contributed by atoms with Gasteiger partial charge in [0.05, 0.1) is 0 Å². The fourth-order valence-corrected chi connectivity index (χ4v) is 10.5. The van der Waals surface area contributed by atoms with E-state index in [0.29, 0.717) is 0 Å². The van der Waals surface area contributed by atoms with Crippen LogP contribution in [0.4, 0.5) is 0 Å². The molecule has 0 heteroatoms. The lowest BCUT2D eigenvalue weighted by Gasteiger charge is -2.23. The maximum Gasteiger partial charge on any atom is 0.0165 e. The van der Waals surface area contributed by atoms with Crippen LogP contribution in [0.25, 0.3) is 109 Å². The van der Waals surface area contributed by atoms with E-state index in [0.717, 1.165) is 0 Å². The van der Waals surface area contributed by atoms with Crippen LogP contribution in [0.5, 0.6) is 0 Å². The number of rotatable bonds is 3. The van der Waals surface area contributed by atoms with Crippen LogP contribution in [0.3, 0.4) is 0 Å². The Morgan fingerprint density at radius 2 is 0.807 bits per heavy atom. The predicted octanol–water partition coefficient (Wildman–Crippen LogP) is 15.9. The van der Waals surface area contributed by atoms with E-state index in [9.17, 15) is 0 Å². The summed E-state index contributed by atoms with van der Waals surface area (Å²) in [5.41, 5.74) is 13.1. The number of hydrogen-bond acceptors (Lipinski definition) is 0. The summed E-state index contributed by atoms with van der Waals surface area (Å²) >= 11 is 0. The minimum Gasteiger partial charge on any atom is -0.0616 e. The van der Waals surface area contributed by atoms with Crippen molar-refractivity contribution in [1.29, 1.82) is 0 Å². The van der Waals surface area contributed by atoms with Crippen LogP contribution >= 0.6 is 0 Å². The second kappa shape index (κ2) is 12.0. The predicted molar refractivity (Wildman–Crippen MR) is 245 cm³/mol. The van der Waals surface area contributed by atoms with Crippen molar-refractivity contribution in [3.63, 3.8) is 0 Å². The van der Waals surface area contributed by atoms with Crippen LogP contribution in [0.1, 0.15) is 25.0 Å². The molecule has 11 aromatic rings. The molecule has 0 radical (unpaired) electrons. The second-order valence-electron chi connectivity index (χ2n) is 16.3. The van der Waals surface area contributed by atoms with Crippen LogP contribution in [-0.2, 0) is 5.41 Å². The Morgan fingerprint density at radius 1 is 0.298 bits per heavy atom. The van der Waals surface area contributed by atoms with Crippen LogP contribution in [0, 0.1) is 0 Å². The lowest BCUT2D eigenvalue weighted by Crippen LogP contribution is -2.15. The Hall–Kier alpha value is -7.02. The normalized spacial score (nSPS) is 13.2. The first-order valence-electron chi connectivity index (χ1n) is 20.1. The van der Waals surface area contributed by atoms with Gasteiger partial charge in [0.15, 0.2) is 0 Å². The van der Waals surface area contributed by atoms with Gasteiger partial charge in [-0.05, 0) is 126 Å². The minimum atomic E-state index is -0.0921. The molecule has 0 heterocycles. The molecule has 1 aliphatic rings. The van der Waals surface area contributed by atoms with Gasteiger partial charge in [0.25, 0.3) is 0 Å². The second-order valence-corrected chi connectivity index (χ2v) is 16.3. The summed E-state index contributed by atoms with van der Waals surface area (Å²) in [7, 11) is 0. The van der Waals surface area contributed by atoms with Gasteiger partial charge in [0, 0.05) is 5.41 Å². The standard InChI is InChI=1S/C57H38/c1-57(2)51-25-13-24-41(55(51)49-33-32-36-15-4-6-17-42(36)56(49)57)37-26-29-38(30-27-37)52-45-20-9-11-22-47(45)54(48-23-12-10-21-46(48)52)50-34-39-31-28-35-14-3-5-16-40(35)53(39)44-19-8-7-18-43(44)50/h3-34H,1-2H3. The Balaban J connectivity index is 1.06. The zero-order valence-corrected chi connectivity index (χ0v) is 32.0. The van der Waals surface area contributed by atoms with E-state index in [2.05, 4.69) is 208 Å². The van der Waals surface area contributed by atoms with Crippen LogP contribution in [0.2, 0.25) is 0 Å². The Bertz CT molecular complexity index is 3410. The van der Waals surface area contributed by atoms with Crippen molar-refractivity contribution >= 4 is 64.6 Å². The van der Waals surface area contributed by atoms with Crippen molar-refractivity contribution < 1.29 is 0 Å². The molecule has 0 unspecified atom stereocenters. The summed E-state index contributed by atoms with van der Waals surface area (Å²) in [4.78, 5) is 0. The average molecular weight is 723 g/mol. The highest BCUT2D eigenvalue weighted by molar-refractivity contribution is 6.28. The van der Waals surface area contributed by atoms with Gasteiger partial charge in [-0.2, -0.15) is 0 Å². The van der Waals surface area contributed by atoms with Gasteiger partial charge in [0.2, 0.25) is 0 Å². The van der Waals surface area contributed by atoms with Crippen LogP contribution in [-0.4, -0.2) is 0 Å². The van der Waals surface area contributed by atoms with Crippen molar-refractivity contribution in [2.75, 3.05) is 0 Å².